The molecule has 0 fully saturated rings. The Morgan fingerprint density at radius 2 is 1.63 bits per heavy atom. The second-order valence-corrected chi connectivity index (χ2v) is 5.37. The zero-order valence-corrected chi connectivity index (χ0v) is 12.3. The fourth-order valence-corrected chi connectivity index (χ4v) is 2.80. The average molecular weight is 255 g/mol. The first-order chi connectivity index (χ1) is 9.28. The Kier molecular flexibility index (Phi) is 4.98. The lowest BCUT2D eigenvalue weighted by Crippen LogP contribution is -2.19. The fourth-order valence-electron chi connectivity index (χ4n) is 2.80. The van der Waals surface area contributed by atoms with Gasteiger partial charge in [-0.2, -0.15) is 0 Å². The monoisotopic (exact) mass is 255 g/mol. The summed E-state index contributed by atoms with van der Waals surface area (Å²) < 4.78 is 0. The van der Waals surface area contributed by atoms with E-state index in [1.807, 2.05) is 0 Å². The molecule has 1 unspecified atom stereocenters. The summed E-state index contributed by atoms with van der Waals surface area (Å²) in [5.41, 5.74) is 1.41. The molecule has 0 saturated carbocycles. The molecule has 19 heavy (non-hydrogen) atoms. The molecule has 0 aromatic heterocycles. The average Bonchev–Trinajstić information content (AvgIpc) is 2.48. The number of benzene rings is 2. The lowest BCUT2D eigenvalue weighted by molar-refractivity contribution is 0.385. The molecule has 2 aromatic carbocycles. The highest BCUT2D eigenvalue weighted by atomic mass is 14.9. The van der Waals surface area contributed by atoms with Crippen LogP contribution in [0.15, 0.2) is 42.5 Å². The van der Waals surface area contributed by atoms with E-state index in [9.17, 15) is 0 Å². The van der Waals surface area contributed by atoms with Crippen LogP contribution in [-0.4, -0.2) is 7.05 Å². The minimum Gasteiger partial charge on any atom is -0.313 e. The number of hydrogen-bond donors (Lipinski definition) is 1. The van der Waals surface area contributed by atoms with E-state index in [4.69, 9.17) is 0 Å². The number of nitrogens with one attached hydrogen (secondary N) is 1. The van der Waals surface area contributed by atoms with E-state index in [2.05, 4.69) is 68.7 Å². The van der Waals surface area contributed by atoms with Crippen molar-refractivity contribution in [1.29, 1.82) is 0 Å². The molecule has 0 aliphatic carbocycles. The zero-order chi connectivity index (χ0) is 13.7. The van der Waals surface area contributed by atoms with Gasteiger partial charge in [-0.15, -0.1) is 0 Å². The first kappa shape index (κ1) is 14.1. The Morgan fingerprint density at radius 3 is 2.26 bits per heavy atom. The van der Waals surface area contributed by atoms with Crippen LogP contribution in [0.25, 0.3) is 10.8 Å². The molecule has 0 aliphatic heterocycles. The normalized spacial score (nSPS) is 13.1. The van der Waals surface area contributed by atoms with Crippen molar-refractivity contribution in [3.8, 4) is 0 Å². The molecule has 0 spiro atoms. The van der Waals surface area contributed by atoms with E-state index in [0.717, 1.165) is 5.92 Å². The van der Waals surface area contributed by atoms with Gasteiger partial charge in [0.05, 0.1) is 0 Å². The van der Waals surface area contributed by atoms with E-state index >= 15 is 0 Å². The van der Waals surface area contributed by atoms with Crippen LogP contribution in [-0.2, 0) is 0 Å². The molecule has 0 amide bonds. The molecule has 0 aliphatic rings. The summed E-state index contributed by atoms with van der Waals surface area (Å²) in [4.78, 5) is 0. The van der Waals surface area contributed by atoms with Crippen molar-refractivity contribution < 1.29 is 0 Å². The molecule has 0 saturated heterocycles. The fraction of sp³-hybridized carbons (Fsp3) is 0.444. The maximum absolute atomic E-state index is 3.48. The summed E-state index contributed by atoms with van der Waals surface area (Å²) in [6, 6.07) is 15.9. The molecule has 0 heterocycles. The maximum atomic E-state index is 3.48. The van der Waals surface area contributed by atoms with Gasteiger partial charge in [0.15, 0.2) is 0 Å². The Hall–Kier alpha value is -1.34. The van der Waals surface area contributed by atoms with E-state index in [1.54, 1.807) is 0 Å². The number of rotatable bonds is 6. The highest BCUT2D eigenvalue weighted by Gasteiger charge is 2.14. The summed E-state index contributed by atoms with van der Waals surface area (Å²) in [6.45, 7) is 4.59. The molecule has 1 nitrogen and oxygen atoms in total. The molecule has 2 aromatic rings. The van der Waals surface area contributed by atoms with Gasteiger partial charge in [-0.3, -0.25) is 0 Å². The molecule has 1 heteroatoms. The Labute approximate surface area is 117 Å². The molecule has 0 bridgehead atoms. The first-order valence-corrected chi connectivity index (χ1v) is 7.44. The van der Waals surface area contributed by atoms with Crippen molar-refractivity contribution in [2.75, 3.05) is 7.05 Å². The van der Waals surface area contributed by atoms with Gasteiger partial charge in [-0.1, -0.05) is 63.1 Å². The van der Waals surface area contributed by atoms with E-state index in [0.29, 0.717) is 6.04 Å². The molecule has 0 radical (unpaired) electrons. The molecule has 1 atom stereocenters. The molecule has 2 rings (SSSR count). The van der Waals surface area contributed by atoms with Crippen LogP contribution in [0.4, 0.5) is 0 Å². The van der Waals surface area contributed by atoms with Crippen LogP contribution in [0.2, 0.25) is 0 Å². The largest absolute Gasteiger partial charge is 0.313 e. The molecule has 102 valence electrons. The smallest absolute Gasteiger partial charge is 0.0320 e. The topological polar surface area (TPSA) is 12.0 Å². The van der Waals surface area contributed by atoms with Crippen LogP contribution < -0.4 is 5.32 Å². The van der Waals surface area contributed by atoms with E-state index in [1.165, 1.54) is 35.6 Å². The highest BCUT2D eigenvalue weighted by Crippen LogP contribution is 2.27. The summed E-state index contributed by atoms with van der Waals surface area (Å²) in [5.74, 6) is 0.809. The van der Waals surface area contributed by atoms with Crippen LogP contribution in [0, 0.1) is 5.92 Å². The first-order valence-electron chi connectivity index (χ1n) is 7.44. The van der Waals surface area contributed by atoms with Gasteiger partial charge in [0.2, 0.25) is 0 Å². The van der Waals surface area contributed by atoms with Crippen molar-refractivity contribution in [3.63, 3.8) is 0 Å². The van der Waals surface area contributed by atoms with Crippen molar-refractivity contribution >= 4 is 10.8 Å². The third-order valence-electron chi connectivity index (χ3n) is 4.25. The quantitative estimate of drug-likeness (QED) is 0.772. The standard InChI is InChI=1S/C18H25N/c1-4-14(5-2)12-18(19-3)17-11-10-15-8-6-7-9-16(15)13-17/h6-11,13-14,18-19H,4-5,12H2,1-3H3. The Morgan fingerprint density at radius 1 is 0.947 bits per heavy atom. The predicted molar refractivity (Wildman–Crippen MR) is 84.4 cm³/mol. The van der Waals surface area contributed by atoms with Crippen LogP contribution in [0.1, 0.15) is 44.7 Å². The minimum atomic E-state index is 0.467. The molecule has 1 N–H and O–H groups in total. The van der Waals surface area contributed by atoms with Crippen LogP contribution in [0.3, 0.4) is 0 Å². The second kappa shape index (κ2) is 6.72. The van der Waals surface area contributed by atoms with Gasteiger partial charge in [0.25, 0.3) is 0 Å². The van der Waals surface area contributed by atoms with Gasteiger partial charge < -0.3 is 5.32 Å². The third-order valence-corrected chi connectivity index (χ3v) is 4.25. The van der Waals surface area contributed by atoms with Crippen LogP contribution >= 0.6 is 0 Å². The van der Waals surface area contributed by atoms with Gasteiger partial charge in [0.1, 0.15) is 0 Å². The van der Waals surface area contributed by atoms with Gasteiger partial charge >= 0.3 is 0 Å². The second-order valence-electron chi connectivity index (χ2n) is 5.37. The predicted octanol–water partition coefficient (Wildman–Crippen LogP) is 4.93. The maximum Gasteiger partial charge on any atom is 0.0320 e. The summed E-state index contributed by atoms with van der Waals surface area (Å²) in [6.07, 6.45) is 3.76. The summed E-state index contributed by atoms with van der Waals surface area (Å²) in [7, 11) is 2.07. The molecular formula is C18H25N. The van der Waals surface area contributed by atoms with Crippen molar-refractivity contribution in [1.82, 2.24) is 5.32 Å². The van der Waals surface area contributed by atoms with Crippen molar-refractivity contribution in [2.45, 2.75) is 39.2 Å². The van der Waals surface area contributed by atoms with Crippen molar-refractivity contribution in [3.05, 3.63) is 48.0 Å². The third kappa shape index (κ3) is 3.36. The summed E-state index contributed by atoms with van der Waals surface area (Å²) >= 11 is 0. The number of hydrogen-bond acceptors (Lipinski definition) is 1. The van der Waals surface area contributed by atoms with E-state index in [-0.39, 0.29) is 0 Å². The Balaban J connectivity index is 2.24. The van der Waals surface area contributed by atoms with Crippen LogP contribution in [0.5, 0.6) is 0 Å². The molecular weight excluding hydrogens is 230 g/mol. The highest BCUT2D eigenvalue weighted by molar-refractivity contribution is 5.83. The number of fused-ring (bicyclic) bond motifs is 1. The summed E-state index contributed by atoms with van der Waals surface area (Å²) in [5, 5.41) is 6.14. The minimum absolute atomic E-state index is 0.467. The Bertz CT molecular complexity index is 514. The lowest BCUT2D eigenvalue weighted by Gasteiger charge is -2.22. The van der Waals surface area contributed by atoms with Crippen molar-refractivity contribution in [2.24, 2.45) is 5.92 Å². The lowest BCUT2D eigenvalue weighted by atomic mass is 9.90. The van der Waals surface area contributed by atoms with Gasteiger partial charge in [-0.05, 0) is 41.8 Å². The zero-order valence-electron chi connectivity index (χ0n) is 12.3. The van der Waals surface area contributed by atoms with Gasteiger partial charge in [0, 0.05) is 6.04 Å². The SMILES string of the molecule is CCC(CC)CC(NC)c1ccc2ccccc2c1. The van der Waals surface area contributed by atoms with E-state index < -0.39 is 0 Å². The van der Waals surface area contributed by atoms with Gasteiger partial charge in [-0.25, -0.2) is 0 Å².